The van der Waals surface area contributed by atoms with E-state index in [0.29, 0.717) is 5.76 Å². The second kappa shape index (κ2) is 5.01. The Balaban J connectivity index is 2.67. The lowest BCUT2D eigenvalue weighted by molar-refractivity contribution is 0.398. The minimum absolute atomic E-state index is 0.0508. The van der Waals surface area contributed by atoms with Gasteiger partial charge in [-0.1, -0.05) is 0 Å². The Bertz CT molecular complexity index is 413. The van der Waals surface area contributed by atoms with Gasteiger partial charge in [-0.15, -0.1) is 11.6 Å². The topological polar surface area (TPSA) is 50.5 Å². The van der Waals surface area contributed by atoms with Crippen LogP contribution in [0.15, 0.2) is 16.5 Å². The zero-order chi connectivity index (χ0) is 11.5. The molecule has 0 aliphatic carbocycles. The number of nitrogens with zero attached hydrogens (tertiary/aromatic N) is 1. The smallest absolute Gasteiger partial charge is 0.215 e. The van der Waals surface area contributed by atoms with Crippen molar-refractivity contribution in [1.82, 2.24) is 4.31 Å². The molecule has 0 N–H and O–H groups in total. The molecule has 15 heavy (non-hydrogen) atoms. The number of hydrogen-bond donors (Lipinski definition) is 0. The highest BCUT2D eigenvalue weighted by atomic mass is 35.5. The zero-order valence-electron chi connectivity index (χ0n) is 8.73. The van der Waals surface area contributed by atoms with Crippen LogP contribution in [-0.4, -0.2) is 31.4 Å². The first-order valence-electron chi connectivity index (χ1n) is 4.51. The standard InChI is InChI=1S/C9H14ClNO3S/c1-8-3-4-9(14-8)7-11(2)15(12,13)6-5-10/h3-4H,5-7H2,1-2H3. The van der Waals surface area contributed by atoms with Gasteiger partial charge in [0.2, 0.25) is 10.0 Å². The average Bonchev–Trinajstić information content (AvgIpc) is 2.51. The van der Waals surface area contributed by atoms with Gasteiger partial charge in [0.05, 0.1) is 12.3 Å². The van der Waals surface area contributed by atoms with Crippen LogP contribution in [-0.2, 0) is 16.6 Å². The summed E-state index contributed by atoms with van der Waals surface area (Å²) in [6.07, 6.45) is 0. The maximum Gasteiger partial charge on any atom is 0.215 e. The molecule has 6 heteroatoms. The van der Waals surface area contributed by atoms with Crippen LogP contribution in [0.4, 0.5) is 0 Å². The summed E-state index contributed by atoms with van der Waals surface area (Å²) < 4.78 is 29.6. The Kier molecular flexibility index (Phi) is 4.19. The number of furan rings is 1. The monoisotopic (exact) mass is 251 g/mol. The summed E-state index contributed by atoms with van der Waals surface area (Å²) in [5.41, 5.74) is 0. The van der Waals surface area contributed by atoms with Crippen molar-refractivity contribution < 1.29 is 12.8 Å². The Morgan fingerprint density at radius 1 is 1.47 bits per heavy atom. The molecule has 0 aromatic carbocycles. The second-order valence-electron chi connectivity index (χ2n) is 3.27. The molecule has 0 aliphatic heterocycles. The molecule has 1 aromatic rings. The van der Waals surface area contributed by atoms with Gasteiger partial charge < -0.3 is 4.42 Å². The van der Waals surface area contributed by atoms with E-state index in [9.17, 15) is 8.42 Å². The summed E-state index contributed by atoms with van der Waals surface area (Å²) in [5, 5.41) is 0. The SMILES string of the molecule is Cc1ccc(CN(C)S(=O)(=O)CCCl)o1. The highest BCUT2D eigenvalue weighted by molar-refractivity contribution is 7.89. The third-order valence-corrected chi connectivity index (χ3v) is 4.20. The number of aryl methyl sites for hydroxylation is 1. The van der Waals surface area contributed by atoms with Crippen molar-refractivity contribution in [2.24, 2.45) is 0 Å². The quantitative estimate of drug-likeness (QED) is 0.747. The molecular weight excluding hydrogens is 238 g/mol. The number of hydrogen-bond acceptors (Lipinski definition) is 3. The molecule has 0 radical (unpaired) electrons. The first-order valence-corrected chi connectivity index (χ1v) is 6.65. The third-order valence-electron chi connectivity index (χ3n) is 1.98. The Morgan fingerprint density at radius 2 is 2.13 bits per heavy atom. The molecule has 1 aromatic heterocycles. The van der Waals surface area contributed by atoms with E-state index in [2.05, 4.69) is 0 Å². The van der Waals surface area contributed by atoms with E-state index in [1.165, 1.54) is 11.4 Å². The normalized spacial score (nSPS) is 12.3. The third kappa shape index (κ3) is 3.52. The lowest BCUT2D eigenvalue weighted by atomic mass is 10.4. The van der Waals surface area contributed by atoms with Crippen molar-refractivity contribution in [3.63, 3.8) is 0 Å². The van der Waals surface area contributed by atoms with Crippen LogP contribution in [0.2, 0.25) is 0 Å². The van der Waals surface area contributed by atoms with E-state index < -0.39 is 10.0 Å². The average molecular weight is 252 g/mol. The van der Waals surface area contributed by atoms with Gasteiger partial charge in [-0.2, -0.15) is 4.31 Å². The predicted molar refractivity (Wildman–Crippen MR) is 59.4 cm³/mol. The van der Waals surface area contributed by atoms with Crippen molar-refractivity contribution in [3.8, 4) is 0 Å². The van der Waals surface area contributed by atoms with Crippen LogP contribution in [0.1, 0.15) is 11.5 Å². The van der Waals surface area contributed by atoms with Crippen LogP contribution < -0.4 is 0 Å². The van der Waals surface area contributed by atoms with Crippen LogP contribution >= 0.6 is 11.6 Å². The van der Waals surface area contributed by atoms with Gasteiger partial charge in [0.1, 0.15) is 11.5 Å². The van der Waals surface area contributed by atoms with Crippen LogP contribution in [0.25, 0.3) is 0 Å². The van der Waals surface area contributed by atoms with Gasteiger partial charge in [0, 0.05) is 12.9 Å². The maximum atomic E-state index is 11.5. The van der Waals surface area contributed by atoms with E-state index in [-0.39, 0.29) is 18.2 Å². The zero-order valence-corrected chi connectivity index (χ0v) is 10.3. The Hall–Kier alpha value is -0.520. The summed E-state index contributed by atoms with van der Waals surface area (Å²) in [4.78, 5) is 0. The highest BCUT2D eigenvalue weighted by Gasteiger charge is 2.18. The molecule has 0 amide bonds. The maximum absolute atomic E-state index is 11.5. The van der Waals surface area contributed by atoms with Gasteiger partial charge in [0.25, 0.3) is 0 Å². The molecule has 1 rings (SSSR count). The van der Waals surface area contributed by atoms with Gasteiger partial charge in [0.15, 0.2) is 0 Å². The van der Waals surface area contributed by atoms with Gasteiger partial charge in [-0.3, -0.25) is 0 Å². The molecule has 1 heterocycles. The number of sulfonamides is 1. The minimum Gasteiger partial charge on any atom is -0.465 e. The molecule has 0 atom stereocenters. The molecule has 0 unspecified atom stereocenters. The summed E-state index contributed by atoms with van der Waals surface area (Å²) in [7, 11) is -1.74. The summed E-state index contributed by atoms with van der Waals surface area (Å²) in [6.45, 7) is 2.06. The fraction of sp³-hybridized carbons (Fsp3) is 0.556. The van der Waals surface area contributed by atoms with Crippen molar-refractivity contribution in [2.75, 3.05) is 18.7 Å². The molecule has 0 fully saturated rings. The lowest BCUT2D eigenvalue weighted by Gasteiger charge is -2.14. The van der Waals surface area contributed by atoms with E-state index in [4.69, 9.17) is 16.0 Å². The first kappa shape index (κ1) is 12.5. The van der Waals surface area contributed by atoms with Gasteiger partial charge >= 0.3 is 0 Å². The van der Waals surface area contributed by atoms with E-state index in [1.807, 2.05) is 6.92 Å². The van der Waals surface area contributed by atoms with E-state index in [1.54, 1.807) is 12.1 Å². The second-order valence-corrected chi connectivity index (χ2v) is 5.85. The first-order chi connectivity index (χ1) is 6.95. The number of alkyl halides is 1. The molecule has 86 valence electrons. The van der Waals surface area contributed by atoms with Crippen LogP contribution in [0.5, 0.6) is 0 Å². The van der Waals surface area contributed by atoms with E-state index >= 15 is 0 Å². The number of halogens is 1. The minimum atomic E-state index is -3.26. The van der Waals surface area contributed by atoms with Gasteiger partial charge in [-0.05, 0) is 19.1 Å². The number of rotatable bonds is 5. The van der Waals surface area contributed by atoms with Gasteiger partial charge in [-0.25, -0.2) is 8.42 Å². The van der Waals surface area contributed by atoms with Crippen molar-refractivity contribution in [2.45, 2.75) is 13.5 Å². The van der Waals surface area contributed by atoms with Crippen LogP contribution in [0, 0.1) is 6.92 Å². The molecule has 0 saturated heterocycles. The lowest BCUT2D eigenvalue weighted by Crippen LogP contribution is -2.29. The fourth-order valence-electron chi connectivity index (χ4n) is 1.14. The van der Waals surface area contributed by atoms with Crippen molar-refractivity contribution in [3.05, 3.63) is 23.7 Å². The molecule has 0 spiro atoms. The van der Waals surface area contributed by atoms with Crippen molar-refractivity contribution >= 4 is 21.6 Å². The molecular formula is C9H14ClNO3S. The predicted octanol–water partition coefficient (Wildman–Crippen LogP) is 1.59. The summed E-state index contributed by atoms with van der Waals surface area (Å²) >= 11 is 5.41. The van der Waals surface area contributed by atoms with Crippen LogP contribution in [0.3, 0.4) is 0 Å². The van der Waals surface area contributed by atoms with E-state index in [0.717, 1.165) is 5.76 Å². The molecule has 4 nitrogen and oxygen atoms in total. The summed E-state index contributed by atoms with van der Waals surface area (Å²) in [6, 6.07) is 3.57. The Morgan fingerprint density at radius 3 is 2.60 bits per heavy atom. The molecule has 0 aliphatic rings. The van der Waals surface area contributed by atoms with Crippen molar-refractivity contribution in [1.29, 1.82) is 0 Å². The molecule has 0 saturated carbocycles. The Labute approximate surface area is 94.9 Å². The molecule has 0 bridgehead atoms. The summed E-state index contributed by atoms with van der Waals surface area (Å²) in [5.74, 6) is 1.45. The fourth-order valence-corrected chi connectivity index (χ4v) is 2.56. The largest absolute Gasteiger partial charge is 0.465 e. The highest BCUT2D eigenvalue weighted by Crippen LogP contribution is 2.11.